The summed E-state index contributed by atoms with van der Waals surface area (Å²) < 4.78 is 16.1. The van der Waals surface area contributed by atoms with Crippen LogP contribution in [0.25, 0.3) is 10.2 Å². The lowest BCUT2D eigenvalue weighted by Crippen LogP contribution is -2.17. The van der Waals surface area contributed by atoms with Crippen LogP contribution in [0.4, 0.5) is 4.39 Å². The highest BCUT2D eigenvalue weighted by Crippen LogP contribution is 2.19. The maximum Gasteiger partial charge on any atom is 0.258 e. The molecule has 3 nitrogen and oxygen atoms in total. The summed E-state index contributed by atoms with van der Waals surface area (Å²) in [4.78, 5) is 18.1. The number of aromatic nitrogens is 1. The number of halogens is 1. The minimum absolute atomic E-state index is 0.180. The first kappa shape index (κ1) is 16.9. The van der Waals surface area contributed by atoms with Gasteiger partial charge in [-0.15, -0.1) is 11.8 Å². The van der Waals surface area contributed by atoms with Gasteiger partial charge in [0.1, 0.15) is 5.82 Å². The Bertz CT molecular complexity index is 913. The molecule has 0 saturated heterocycles. The first-order valence-corrected chi connectivity index (χ1v) is 9.52. The number of thiazole rings is 1. The van der Waals surface area contributed by atoms with Crippen molar-refractivity contribution in [2.75, 3.05) is 5.75 Å². The molecule has 1 heterocycles. The molecule has 0 aliphatic heterocycles. The third-order valence-corrected chi connectivity index (χ3v) is 5.49. The Labute approximate surface area is 147 Å². The number of rotatable bonds is 5. The van der Waals surface area contributed by atoms with Gasteiger partial charge in [0.2, 0.25) is 0 Å². The van der Waals surface area contributed by atoms with Crippen LogP contribution in [0.2, 0.25) is 0 Å². The molecular formula is C18H17FN2OS2. The van der Waals surface area contributed by atoms with Gasteiger partial charge in [0.05, 0.1) is 16.0 Å². The van der Waals surface area contributed by atoms with Crippen LogP contribution < -0.4 is 4.80 Å². The Balaban J connectivity index is 1.82. The van der Waals surface area contributed by atoms with E-state index in [4.69, 9.17) is 0 Å². The summed E-state index contributed by atoms with van der Waals surface area (Å²) in [6, 6.07) is 14.2. The molecule has 0 unspecified atom stereocenters. The zero-order valence-electron chi connectivity index (χ0n) is 13.2. The highest BCUT2D eigenvalue weighted by molar-refractivity contribution is 8.00. The van der Waals surface area contributed by atoms with Crippen LogP contribution in [0.1, 0.15) is 13.3 Å². The maximum atomic E-state index is 12.9. The summed E-state index contributed by atoms with van der Waals surface area (Å²) >= 11 is 2.90. The number of nitrogens with zero attached hydrogens (tertiary/aromatic N) is 2. The predicted molar refractivity (Wildman–Crippen MR) is 97.8 cm³/mol. The fourth-order valence-electron chi connectivity index (χ4n) is 2.36. The van der Waals surface area contributed by atoms with E-state index in [1.807, 2.05) is 18.2 Å². The van der Waals surface area contributed by atoms with E-state index in [2.05, 4.69) is 22.5 Å². The van der Waals surface area contributed by atoms with Crippen molar-refractivity contribution in [1.82, 2.24) is 4.57 Å². The highest BCUT2D eigenvalue weighted by Gasteiger charge is 2.07. The van der Waals surface area contributed by atoms with E-state index in [1.54, 1.807) is 12.1 Å². The quantitative estimate of drug-likeness (QED) is 0.629. The number of para-hydroxylation sites is 1. The first-order chi connectivity index (χ1) is 11.7. The van der Waals surface area contributed by atoms with E-state index in [0.29, 0.717) is 0 Å². The molecular weight excluding hydrogens is 343 g/mol. The van der Waals surface area contributed by atoms with Crippen molar-refractivity contribution in [3.8, 4) is 0 Å². The van der Waals surface area contributed by atoms with Gasteiger partial charge in [-0.3, -0.25) is 4.79 Å². The monoisotopic (exact) mass is 360 g/mol. The number of hydrogen-bond donors (Lipinski definition) is 0. The highest BCUT2D eigenvalue weighted by atomic mass is 32.2. The molecule has 0 aliphatic carbocycles. The molecule has 0 bridgehead atoms. The van der Waals surface area contributed by atoms with E-state index >= 15 is 0 Å². The summed E-state index contributed by atoms with van der Waals surface area (Å²) in [6.45, 7) is 2.94. The number of carbonyl (C=O) groups is 1. The van der Waals surface area contributed by atoms with Crippen LogP contribution in [0.15, 0.2) is 58.4 Å². The molecule has 1 amide bonds. The third-order valence-electron chi connectivity index (χ3n) is 3.43. The van der Waals surface area contributed by atoms with Gasteiger partial charge in [0, 0.05) is 11.4 Å². The number of amides is 1. The Hall–Kier alpha value is -1.92. The van der Waals surface area contributed by atoms with Gasteiger partial charge in [0.15, 0.2) is 4.80 Å². The summed E-state index contributed by atoms with van der Waals surface area (Å²) in [5.74, 6) is -0.214. The van der Waals surface area contributed by atoms with Gasteiger partial charge in [-0.25, -0.2) is 4.39 Å². The fraction of sp³-hybridized carbons (Fsp3) is 0.222. The lowest BCUT2D eigenvalue weighted by atomic mass is 10.3. The second-order valence-corrected chi connectivity index (χ2v) is 7.31. The number of aryl methyl sites for hydroxylation is 1. The normalized spacial score (nSPS) is 12.0. The zero-order valence-corrected chi connectivity index (χ0v) is 14.9. The summed E-state index contributed by atoms with van der Waals surface area (Å²) in [5, 5.41) is 0. The Kier molecular flexibility index (Phi) is 5.48. The van der Waals surface area contributed by atoms with Gasteiger partial charge in [-0.1, -0.05) is 30.4 Å². The largest absolute Gasteiger partial charge is 0.316 e. The average molecular weight is 360 g/mol. The van der Waals surface area contributed by atoms with Crippen molar-refractivity contribution < 1.29 is 9.18 Å². The van der Waals surface area contributed by atoms with Gasteiger partial charge in [-0.05, 0) is 42.8 Å². The molecule has 0 N–H and O–H groups in total. The number of fused-ring (bicyclic) bond motifs is 1. The minimum Gasteiger partial charge on any atom is -0.316 e. The summed E-state index contributed by atoms with van der Waals surface area (Å²) in [7, 11) is 0. The molecule has 3 aromatic rings. The molecule has 3 rings (SSSR count). The molecule has 24 heavy (non-hydrogen) atoms. The Morgan fingerprint density at radius 2 is 1.96 bits per heavy atom. The number of benzene rings is 2. The van der Waals surface area contributed by atoms with E-state index < -0.39 is 0 Å². The van der Waals surface area contributed by atoms with E-state index in [9.17, 15) is 9.18 Å². The topological polar surface area (TPSA) is 34.4 Å². The molecule has 1 aromatic heterocycles. The van der Waals surface area contributed by atoms with Crippen LogP contribution in [0, 0.1) is 5.82 Å². The average Bonchev–Trinajstić information content (AvgIpc) is 2.92. The van der Waals surface area contributed by atoms with Crippen LogP contribution in [0.5, 0.6) is 0 Å². The van der Waals surface area contributed by atoms with Crippen molar-refractivity contribution in [1.29, 1.82) is 0 Å². The number of carbonyl (C=O) groups excluding carboxylic acids is 1. The van der Waals surface area contributed by atoms with Gasteiger partial charge in [-0.2, -0.15) is 4.99 Å². The minimum atomic E-state index is -0.277. The Morgan fingerprint density at radius 1 is 1.21 bits per heavy atom. The molecule has 0 spiro atoms. The molecule has 6 heteroatoms. The summed E-state index contributed by atoms with van der Waals surface area (Å²) in [5.41, 5.74) is 1.11. The predicted octanol–water partition coefficient (Wildman–Crippen LogP) is 4.47. The molecule has 2 aromatic carbocycles. The van der Waals surface area contributed by atoms with Crippen LogP contribution in [-0.2, 0) is 11.3 Å². The molecule has 0 atom stereocenters. The molecule has 124 valence electrons. The van der Waals surface area contributed by atoms with Crippen molar-refractivity contribution in [3.05, 3.63) is 59.1 Å². The molecule has 0 saturated carbocycles. The smallest absolute Gasteiger partial charge is 0.258 e. The SMILES string of the molecule is CCCn1c(=NC(=O)CSc2ccc(F)cc2)sc2ccccc21. The fourth-order valence-corrected chi connectivity index (χ4v) is 4.12. The molecule has 0 fully saturated rings. The number of hydrogen-bond acceptors (Lipinski definition) is 3. The lowest BCUT2D eigenvalue weighted by molar-refractivity contribution is -0.115. The Morgan fingerprint density at radius 3 is 2.71 bits per heavy atom. The first-order valence-electron chi connectivity index (χ1n) is 7.71. The van der Waals surface area contributed by atoms with E-state index in [0.717, 1.165) is 32.9 Å². The molecule has 0 radical (unpaired) electrons. The standard InChI is InChI=1S/C18H17FN2OS2/c1-2-11-21-15-5-3-4-6-16(15)24-18(21)20-17(22)12-23-14-9-7-13(19)8-10-14/h3-10H,2,11-12H2,1H3. The van der Waals surface area contributed by atoms with Gasteiger partial charge >= 0.3 is 0 Å². The lowest BCUT2D eigenvalue weighted by Gasteiger charge is -2.02. The van der Waals surface area contributed by atoms with Crippen molar-refractivity contribution >= 4 is 39.2 Å². The van der Waals surface area contributed by atoms with Crippen molar-refractivity contribution in [2.24, 2.45) is 4.99 Å². The van der Waals surface area contributed by atoms with E-state index in [1.165, 1.54) is 35.2 Å². The third kappa shape index (κ3) is 3.94. The van der Waals surface area contributed by atoms with Crippen LogP contribution >= 0.6 is 23.1 Å². The van der Waals surface area contributed by atoms with E-state index in [-0.39, 0.29) is 17.5 Å². The maximum absolute atomic E-state index is 12.9. The van der Waals surface area contributed by atoms with Crippen molar-refractivity contribution in [3.63, 3.8) is 0 Å². The van der Waals surface area contributed by atoms with Crippen molar-refractivity contribution in [2.45, 2.75) is 24.8 Å². The summed E-state index contributed by atoms with van der Waals surface area (Å²) in [6.07, 6.45) is 0.979. The van der Waals surface area contributed by atoms with Gasteiger partial charge < -0.3 is 4.57 Å². The van der Waals surface area contributed by atoms with Gasteiger partial charge in [0.25, 0.3) is 5.91 Å². The zero-order chi connectivity index (χ0) is 16.9. The second-order valence-electron chi connectivity index (χ2n) is 5.25. The number of thioether (sulfide) groups is 1. The second kappa shape index (κ2) is 7.77. The van der Waals surface area contributed by atoms with Crippen LogP contribution in [0.3, 0.4) is 0 Å². The van der Waals surface area contributed by atoms with Crippen LogP contribution in [-0.4, -0.2) is 16.2 Å². The molecule has 0 aliphatic rings.